The summed E-state index contributed by atoms with van der Waals surface area (Å²) in [5, 5.41) is 11.5. The summed E-state index contributed by atoms with van der Waals surface area (Å²) in [6.07, 6.45) is 5.00. The summed E-state index contributed by atoms with van der Waals surface area (Å²) >= 11 is 0. The van der Waals surface area contributed by atoms with Crippen LogP contribution < -0.4 is 5.32 Å². The van der Waals surface area contributed by atoms with Crippen LogP contribution in [0.3, 0.4) is 0 Å². The molecular weight excluding hydrogens is 228 g/mol. The van der Waals surface area contributed by atoms with Crippen molar-refractivity contribution in [2.45, 2.75) is 12.5 Å². The first kappa shape index (κ1) is 13.1. The van der Waals surface area contributed by atoms with Crippen molar-refractivity contribution in [3.05, 3.63) is 35.4 Å². The third kappa shape index (κ3) is 2.43. The quantitative estimate of drug-likeness (QED) is 0.782. The molecule has 3 nitrogen and oxygen atoms in total. The van der Waals surface area contributed by atoms with Gasteiger partial charge in [0.15, 0.2) is 0 Å². The number of hydrogen-bond acceptors (Lipinski definition) is 2. The molecule has 0 aromatic heterocycles. The molecule has 1 aromatic rings. The maximum Gasteiger partial charge on any atom is 0.328 e. The molecule has 0 amide bonds. The fraction of sp³-hybridized carbons (Fsp3) is 0.250. The van der Waals surface area contributed by atoms with Gasteiger partial charge in [-0.25, -0.2) is 13.6 Å². The lowest BCUT2D eigenvalue weighted by Gasteiger charge is -2.26. The van der Waals surface area contributed by atoms with Crippen LogP contribution in [-0.2, 0) is 10.3 Å². The van der Waals surface area contributed by atoms with E-state index in [1.165, 1.54) is 0 Å². The van der Waals surface area contributed by atoms with Gasteiger partial charge < -0.3 is 5.11 Å². The van der Waals surface area contributed by atoms with Gasteiger partial charge in [0.2, 0.25) is 0 Å². The van der Waals surface area contributed by atoms with E-state index >= 15 is 0 Å². The highest BCUT2D eigenvalue weighted by Crippen LogP contribution is 2.26. The second-order valence-electron chi connectivity index (χ2n) is 3.58. The number of hydrogen-bond donors (Lipinski definition) is 2. The molecule has 0 heterocycles. The monoisotopic (exact) mass is 239 g/mol. The van der Waals surface area contributed by atoms with E-state index in [0.29, 0.717) is 0 Å². The highest BCUT2D eigenvalue weighted by molar-refractivity contribution is 5.80. The predicted molar refractivity (Wildman–Crippen MR) is 58.2 cm³/mol. The minimum Gasteiger partial charge on any atom is -0.480 e. The smallest absolute Gasteiger partial charge is 0.328 e. The molecule has 0 fully saturated rings. The Morgan fingerprint density at radius 2 is 2.06 bits per heavy atom. The number of nitrogens with one attached hydrogen (secondary N) is 1. The molecule has 0 bridgehead atoms. The van der Waals surface area contributed by atoms with E-state index in [0.717, 1.165) is 25.1 Å². The van der Waals surface area contributed by atoms with Crippen LogP contribution in [0.15, 0.2) is 18.2 Å². The molecule has 1 unspecified atom stereocenters. The maximum absolute atomic E-state index is 13.5. The molecule has 1 rings (SSSR count). The predicted octanol–water partition coefficient (Wildman–Crippen LogP) is 1.49. The number of carboxylic acid groups (broad SMARTS) is 1. The van der Waals surface area contributed by atoms with Gasteiger partial charge in [0.05, 0.1) is 12.1 Å². The average Bonchev–Trinajstić information content (AvgIpc) is 2.25. The molecule has 1 atom stereocenters. The van der Waals surface area contributed by atoms with E-state index in [9.17, 15) is 13.6 Å². The Balaban J connectivity index is 3.33. The van der Waals surface area contributed by atoms with Crippen molar-refractivity contribution in [2.24, 2.45) is 0 Å². The lowest BCUT2D eigenvalue weighted by Crippen LogP contribution is -2.48. The Bertz CT molecular complexity index is 462. The van der Waals surface area contributed by atoms with Gasteiger partial charge in [-0.3, -0.25) is 5.32 Å². The summed E-state index contributed by atoms with van der Waals surface area (Å²) in [6, 6.07) is 3.16. The molecular formula is C12H11F2NO2. The molecule has 2 N–H and O–H groups in total. The molecule has 0 aliphatic carbocycles. The lowest BCUT2D eigenvalue weighted by atomic mass is 9.91. The molecule has 5 heteroatoms. The van der Waals surface area contributed by atoms with E-state index < -0.39 is 28.7 Å². The Morgan fingerprint density at radius 3 is 2.47 bits per heavy atom. The molecule has 0 aliphatic heterocycles. The van der Waals surface area contributed by atoms with Crippen LogP contribution in [0, 0.1) is 24.0 Å². The first-order valence-electron chi connectivity index (χ1n) is 4.80. The van der Waals surface area contributed by atoms with Gasteiger partial charge in [-0.2, -0.15) is 0 Å². The zero-order valence-electron chi connectivity index (χ0n) is 9.13. The first-order valence-corrected chi connectivity index (χ1v) is 4.80. The van der Waals surface area contributed by atoms with Crippen LogP contribution in [0.4, 0.5) is 8.78 Å². The SMILES string of the molecule is C#CCNC(C)(C(=O)O)c1c(F)cccc1F. The molecule has 1 aromatic carbocycles. The minimum atomic E-state index is -1.90. The summed E-state index contributed by atoms with van der Waals surface area (Å²) in [5.74, 6) is -1.10. The highest BCUT2D eigenvalue weighted by atomic mass is 19.1. The van der Waals surface area contributed by atoms with Gasteiger partial charge in [-0.1, -0.05) is 12.0 Å². The summed E-state index contributed by atoms with van der Waals surface area (Å²) in [6.45, 7) is 1.05. The van der Waals surface area contributed by atoms with Crippen LogP contribution in [0.5, 0.6) is 0 Å². The zero-order valence-corrected chi connectivity index (χ0v) is 9.13. The van der Waals surface area contributed by atoms with Gasteiger partial charge in [0, 0.05) is 0 Å². The largest absolute Gasteiger partial charge is 0.480 e. The Kier molecular flexibility index (Phi) is 3.81. The second kappa shape index (κ2) is 4.93. The number of rotatable bonds is 4. The summed E-state index contributed by atoms with van der Waals surface area (Å²) in [7, 11) is 0. The van der Waals surface area contributed by atoms with E-state index in [-0.39, 0.29) is 6.54 Å². The van der Waals surface area contributed by atoms with E-state index in [1.54, 1.807) is 0 Å². The Morgan fingerprint density at radius 1 is 1.53 bits per heavy atom. The number of terminal acetylenes is 1. The summed E-state index contributed by atoms with van der Waals surface area (Å²) in [5.41, 5.74) is -2.45. The number of carboxylic acids is 1. The fourth-order valence-corrected chi connectivity index (χ4v) is 1.47. The fourth-order valence-electron chi connectivity index (χ4n) is 1.47. The van der Waals surface area contributed by atoms with Crippen LogP contribution in [-0.4, -0.2) is 17.6 Å². The third-order valence-electron chi connectivity index (χ3n) is 2.43. The van der Waals surface area contributed by atoms with E-state index in [4.69, 9.17) is 11.5 Å². The molecule has 0 spiro atoms. The van der Waals surface area contributed by atoms with Crippen LogP contribution in [0.2, 0.25) is 0 Å². The number of halogens is 2. The standard InChI is InChI=1S/C12H11F2NO2/c1-3-7-15-12(2,11(16)17)10-8(13)5-4-6-9(10)14/h1,4-6,15H,7H2,2H3,(H,16,17). The summed E-state index contributed by atoms with van der Waals surface area (Å²) < 4.78 is 27.1. The molecule has 90 valence electrons. The van der Waals surface area contributed by atoms with E-state index in [2.05, 4.69) is 11.2 Å². The lowest BCUT2D eigenvalue weighted by molar-refractivity contribution is -0.144. The number of benzene rings is 1. The maximum atomic E-state index is 13.5. The molecule has 17 heavy (non-hydrogen) atoms. The second-order valence-corrected chi connectivity index (χ2v) is 3.58. The normalized spacial score (nSPS) is 13.8. The Hall–Kier alpha value is -1.93. The average molecular weight is 239 g/mol. The van der Waals surface area contributed by atoms with Crippen LogP contribution >= 0.6 is 0 Å². The number of carbonyl (C=O) groups is 1. The van der Waals surface area contributed by atoms with Gasteiger partial charge >= 0.3 is 5.97 Å². The van der Waals surface area contributed by atoms with Crippen molar-refractivity contribution in [3.8, 4) is 12.3 Å². The highest BCUT2D eigenvalue weighted by Gasteiger charge is 2.39. The Labute approximate surface area is 97.5 Å². The zero-order chi connectivity index (χ0) is 13.1. The molecule has 0 radical (unpaired) electrons. The molecule has 0 saturated carbocycles. The van der Waals surface area contributed by atoms with E-state index in [1.807, 2.05) is 0 Å². The van der Waals surface area contributed by atoms with Gasteiger partial charge in [-0.05, 0) is 19.1 Å². The van der Waals surface area contributed by atoms with Crippen molar-refractivity contribution in [3.63, 3.8) is 0 Å². The van der Waals surface area contributed by atoms with Gasteiger partial charge in [0.25, 0.3) is 0 Å². The van der Waals surface area contributed by atoms with Crippen molar-refractivity contribution in [2.75, 3.05) is 6.54 Å². The molecule has 0 saturated heterocycles. The van der Waals surface area contributed by atoms with Crippen molar-refractivity contribution in [1.29, 1.82) is 0 Å². The minimum absolute atomic E-state index is 0.115. The van der Waals surface area contributed by atoms with Gasteiger partial charge in [0.1, 0.15) is 17.2 Å². The van der Waals surface area contributed by atoms with Gasteiger partial charge in [-0.15, -0.1) is 6.42 Å². The topological polar surface area (TPSA) is 49.3 Å². The number of aliphatic carboxylic acids is 1. The van der Waals surface area contributed by atoms with Crippen molar-refractivity contribution < 1.29 is 18.7 Å². The van der Waals surface area contributed by atoms with Crippen LogP contribution in [0.25, 0.3) is 0 Å². The van der Waals surface area contributed by atoms with Crippen molar-refractivity contribution >= 4 is 5.97 Å². The first-order chi connectivity index (χ1) is 7.93. The molecule has 0 aliphatic rings. The van der Waals surface area contributed by atoms with Crippen molar-refractivity contribution in [1.82, 2.24) is 5.32 Å². The third-order valence-corrected chi connectivity index (χ3v) is 2.43. The summed E-state index contributed by atoms with van der Waals surface area (Å²) in [4.78, 5) is 11.2. The van der Waals surface area contributed by atoms with Crippen LogP contribution in [0.1, 0.15) is 12.5 Å².